The van der Waals surface area contributed by atoms with Gasteiger partial charge in [-0.25, -0.2) is 0 Å². The van der Waals surface area contributed by atoms with E-state index in [9.17, 15) is 9.59 Å². The lowest BCUT2D eigenvalue weighted by Gasteiger charge is -2.11. The van der Waals surface area contributed by atoms with Crippen LogP contribution in [0, 0.1) is 11.8 Å². The molecule has 5 heteroatoms. The highest BCUT2D eigenvalue weighted by Gasteiger charge is 2.27. The van der Waals surface area contributed by atoms with Crippen molar-refractivity contribution >= 4 is 11.8 Å². The molecule has 1 aliphatic rings. The Morgan fingerprint density at radius 2 is 2.00 bits per heavy atom. The van der Waals surface area contributed by atoms with E-state index < -0.39 is 0 Å². The van der Waals surface area contributed by atoms with Gasteiger partial charge in [0.05, 0.1) is 6.54 Å². The van der Waals surface area contributed by atoms with Gasteiger partial charge in [0.15, 0.2) is 0 Å². The molecule has 0 spiro atoms. The van der Waals surface area contributed by atoms with Crippen LogP contribution in [0.2, 0.25) is 0 Å². The first-order valence-corrected chi connectivity index (χ1v) is 6.29. The third-order valence-corrected chi connectivity index (χ3v) is 2.97. The van der Waals surface area contributed by atoms with Gasteiger partial charge in [0.2, 0.25) is 11.8 Å². The Morgan fingerprint density at radius 3 is 2.53 bits per heavy atom. The van der Waals surface area contributed by atoms with Gasteiger partial charge in [-0.2, -0.15) is 0 Å². The Kier molecular flexibility index (Phi) is 5.41. The Hall–Kier alpha value is -1.10. The van der Waals surface area contributed by atoms with Crippen LogP contribution in [-0.2, 0) is 9.59 Å². The molecule has 5 nitrogen and oxygen atoms in total. The monoisotopic (exact) mass is 241 g/mol. The van der Waals surface area contributed by atoms with Crippen LogP contribution in [0.25, 0.3) is 0 Å². The van der Waals surface area contributed by atoms with Gasteiger partial charge >= 0.3 is 0 Å². The van der Waals surface area contributed by atoms with Gasteiger partial charge in [0.1, 0.15) is 0 Å². The summed E-state index contributed by atoms with van der Waals surface area (Å²) in [6.45, 7) is 4.76. The summed E-state index contributed by atoms with van der Waals surface area (Å²) in [6.07, 6.45) is 2.47. The summed E-state index contributed by atoms with van der Waals surface area (Å²) >= 11 is 0. The number of amides is 2. The van der Waals surface area contributed by atoms with Crippen LogP contribution in [0.3, 0.4) is 0 Å². The van der Waals surface area contributed by atoms with E-state index in [1.807, 2.05) is 13.8 Å². The van der Waals surface area contributed by atoms with Gasteiger partial charge in [0.25, 0.3) is 0 Å². The Bertz CT molecular complexity index is 279. The highest BCUT2D eigenvalue weighted by Crippen LogP contribution is 2.23. The molecule has 1 rings (SSSR count). The number of carbonyl (C=O) groups is 2. The van der Waals surface area contributed by atoms with E-state index in [1.54, 1.807) is 0 Å². The van der Waals surface area contributed by atoms with Crippen molar-refractivity contribution < 1.29 is 9.59 Å². The zero-order valence-corrected chi connectivity index (χ0v) is 10.7. The second kappa shape index (κ2) is 6.59. The van der Waals surface area contributed by atoms with E-state index in [-0.39, 0.29) is 30.3 Å². The van der Waals surface area contributed by atoms with Gasteiger partial charge in [-0.3, -0.25) is 9.59 Å². The van der Waals surface area contributed by atoms with Crippen LogP contribution in [0.4, 0.5) is 0 Å². The fourth-order valence-corrected chi connectivity index (χ4v) is 1.95. The molecule has 2 amide bonds. The van der Waals surface area contributed by atoms with E-state index >= 15 is 0 Å². The zero-order valence-electron chi connectivity index (χ0n) is 10.7. The summed E-state index contributed by atoms with van der Waals surface area (Å²) in [5.41, 5.74) is 5.74. The van der Waals surface area contributed by atoms with Crippen molar-refractivity contribution in [1.82, 2.24) is 10.6 Å². The first kappa shape index (κ1) is 14.0. The van der Waals surface area contributed by atoms with Gasteiger partial charge in [-0.15, -0.1) is 0 Å². The maximum absolute atomic E-state index is 11.7. The maximum Gasteiger partial charge on any atom is 0.239 e. The van der Waals surface area contributed by atoms with Gasteiger partial charge in [-0.05, 0) is 25.2 Å². The van der Waals surface area contributed by atoms with E-state index in [4.69, 9.17) is 5.73 Å². The first-order chi connectivity index (χ1) is 7.99. The molecule has 17 heavy (non-hydrogen) atoms. The number of rotatable bonds is 5. The second-order valence-corrected chi connectivity index (χ2v) is 5.19. The molecule has 0 aromatic carbocycles. The van der Waals surface area contributed by atoms with E-state index in [0.29, 0.717) is 12.5 Å². The smallest absolute Gasteiger partial charge is 0.239 e. The molecule has 1 aliphatic carbocycles. The van der Waals surface area contributed by atoms with E-state index in [0.717, 1.165) is 19.3 Å². The minimum Gasteiger partial charge on any atom is -0.354 e. The molecule has 1 fully saturated rings. The van der Waals surface area contributed by atoms with Crippen LogP contribution in [0.15, 0.2) is 0 Å². The topological polar surface area (TPSA) is 84.2 Å². The molecule has 0 heterocycles. The fourth-order valence-electron chi connectivity index (χ4n) is 1.95. The predicted molar refractivity (Wildman–Crippen MR) is 66.2 cm³/mol. The molecule has 2 unspecified atom stereocenters. The van der Waals surface area contributed by atoms with Crippen molar-refractivity contribution in [2.24, 2.45) is 17.6 Å². The van der Waals surface area contributed by atoms with Crippen LogP contribution < -0.4 is 16.4 Å². The summed E-state index contributed by atoms with van der Waals surface area (Å²) in [6, 6.07) is 0.139. The first-order valence-electron chi connectivity index (χ1n) is 6.29. The SMILES string of the molecule is CC(C)CNC(=O)CNC(=O)C1CCC(N)C1. The molecule has 0 bridgehead atoms. The molecule has 0 saturated heterocycles. The van der Waals surface area contributed by atoms with Crippen molar-refractivity contribution in [1.29, 1.82) is 0 Å². The molecule has 98 valence electrons. The van der Waals surface area contributed by atoms with Gasteiger partial charge < -0.3 is 16.4 Å². The summed E-state index contributed by atoms with van der Waals surface area (Å²) in [7, 11) is 0. The number of nitrogens with two attached hydrogens (primary N) is 1. The molecule has 0 aliphatic heterocycles. The highest BCUT2D eigenvalue weighted by molar-refractivity contribution is 5.85. The fraction of sp³-hybridized carbons (Fsp3) is 0.833. The standard InChI is InChI=1S/C12H23N3O2/c1-8(2)6-14-11(16)7-15-12(17)9-3-4-10(13)5-9/h8-10H,3-7,13H2,1-2H3,(H,14,16)(H,15,17). The molecule has 0 radical (unpaired) electrons. The summed E-state index contributed by atoms with van der Waals surface area (Å²) in [5.74, 6) is 0.234. The third kappa shape index (κ3) is 5.17. The van der Waals surface area contributed by atoms with E-state index in [1.165, 1.54) is 0 Å². The molecule has 1 saturated carbocycles. The number of hydrogen-bond acceptors (Lipinski definition) is 3. The van der Waals surface area contributed by atoms with Crippen molar-refractivity contribution in [2.45, 2.75) is 39.2 Å². The maximum atomic E-state index is 11.7. The number of carbonyl (C=O) groups excluding carboxylic acids is 2. The van der Waals surface area contributed by atoms with Crippen LogP contribution in [-0.4, -0.2) is 30.9 Å². The number of nitrogens with one attached hydrogen (secondary N) is 2. The molecular weight excluding hydrogens is 218 g/mol. The Balaban J connectivity index is 2.17. The normalized spacial score (nSPS) is 23.8. The summed E-state index contributed by atoms with van der Waals surface area (Å²) in [5, 5.41) is 5.42. The average Bonchev–Trinajstić information content (AvgIpc) is 2.70. The lowest BCUT2D eigenvalue weighted by molar-refractivity contribution is -0.128. The lowest BCUT2D eigenvalue weighted by atomic mass is 10.1. The Labute approximate surface area is 103 Å². The lowest BCUT2D eigenvalue weighted by Crippen LogP contribution is -2.40. The van der Waals surface area contributed by atoms with Crippen LogP contribution in [0.5, 0.6) is 0 Å². The predicted octanol–water partition coefficient (Wildman–Crippen LogP) is 0.00220. The summed E-state index contributed by atoms with van der Waals surface area (Å²) in [4.78, 5) is 23.1. The zero-order chi connectivity index (χ0) is 12.8. The molecular formula is C12H23N3O2. The third-order valence-electron chi connectivity index (χ3n) is 2.97. The average molecular weight is 241 g/mol. The quantitative estimate of drug-likeness (QED) is 0.633. The van der Waals surface area contributed by atoms with Gasteiger partial charge in [0, 0.05) is 18.5 Å². The van der Waals surface area contributed by atoms with Gasteiger partial charge in [-0.1, -0.05) is 13.8 Å². The van der Waals surface area contributed by atoms with Crippen molar-refractivity contribution in [3.05, 3.63) is 0 Å². The molecule has 0 aromatic heterocycles. The Morgan fingerprint density at radius 1 is 1.29 bits per heavy atom. The van der Waals surface area contributed by atoms with Crippen molar-refractivity contribution in [3.8, 4) is 0 Å². The minimum absolute atomic E-state index is 0.0112. The molecule has 4 N–H and O–H groups in total. The minimum atomic E-state index is -0.130. The largest absolute Gasteiger partial charge is 0.354 e. The summed E-state index contributed by atoms with van der Waals surface area (Å²) < 4.78 is 0. The molecule has 0 aromatic rings. The number of hydrogen-bond donors (Lipinski definition) is 3. The van der Waals surface area contributed by atoms with Crippen molar-refractivity contribution in [3.63, 3.8) is 0 Å². The second-order valence-electron chi connectivity index (χ2n) is 5.19. The van der Waals surface area contributed by atoms with Crippen LogP contribution in [0.1, 0.15) is 33.1 Å². The van der Waals surface area contributed by atoms with Crippen LogP contribution >= 0.6 is 0 Å². The van der Waals surface area contributed by atoms with Crippen molar-refractivity contribution in [2.75, 3.05) is 13.1 Å². The highest BCUT2D eigenvalue weighted by atomic mass is 16.2. The molecule has 2 atom stereocenters. The van der Waals surface area contributed by atoms with E-state index in [2.05, 4.69) is 10.6 Å².